The summed E-state index contributed by atoms with van der Waals surface area (Å²) in [5.41, 5.74) is 1.01. The van der Waals surface area contributed by atoms with Crippen LogP contribution in [-0.4, -0.2) is 44.6 Å². The maximum Gasteiger partial charge on any atom is 0.255 e. The Morgan fingerprint density at radius 3 is 2.25 bits per heavy atom. The van der Waals surface area contributed by atoms with Gasteiger partial charge in [0.25, 0.3) is 5.91 Å². The van der Waals surface area contributed by atoms with Gasteiger partial charge in [-0.25, -0.2) is 0 Å². The normalized spacial score (nSPS) is 11.6. The van der Waals surface area contributed by atoms with Gasteiger partial charge in [-0.3, -0.25) is 9.59 Å². The highest BCUT2D eigenvalue weighted by Gasteiger charge is 2.33. The predicted molar refractivity (Wildman–Crippen MR) is 136 cm³/mol. The maximum absolute atomic E-state index is 13.9. The van der Waals surface area contributed by atoms with Gasteiger partial charge >= 0.3 is 0 Å². The van der Waals surface area contributed by atoms with Crippen molar-refractivity contribution >= 4 is 11.8 Å². The van der Waals surface area contributed by atoms with Crippen molar-refractivity contribution in [3.63, 3.8) is 0 Å². The van der Waals surface area contributed by atoms with Gasteiger partial charge in [0.2, 0.25) is 5.91 Å². The van der Waals surface area contributed by atoms with E-state index in [0.717, 1.165) is 6.42 Å². The summed E-state index contributed by atoms with van der Waals surface area (Å²) in [7, 11) is 4.62. The Morgan fingerprint density at radius 2 is 1.67 bits per heavy atom. The second-order valence-corrected chi connectivity index (χ2v) is 8.73. The Balaban J connectivity index is 2.05. The molecule has 0 saturated heterocycles. The number of hydrogen-bond acceptors (Lipinski definition) is 6. The first-order valence-electron chi connectivity index (χ1n) is 11.8. The molecule has 3 aromatic rings. The van der Waals surface area contributed by atoms with Crippen LogP contribution in [0.1, 0.15) is 48.0 Å². The number of hydrogen-bond donors (Lipinski definition) is 1. The zero-order chi connectivity index (χ0) is 26.1. The molecule has 0 saturated carbocycles. The molecule has 8 nitrogen and oxygen atoms in total. The topological polar surface area (TPSA) is 90.2 Å². The molecular formula is C28H34N2O6. The second kappa shape index (κ2) is 12.7. The molecular weight excluding hydrogens is 460 g/mol. The SMILES string of the molecule is COc1ccc([C@H](C(=O)NCCC(C)C)N(Cc2ccco2)C(=O)c2ccc(OC)c(OC)c2)cc1. The number of ether oxygens (including phenoxy) is 3. The van der Waals surface area contributed by atoms with E-state index in [1.165, 1.54) is 19.1 Å². The number of benzene rings is 2. The lowest BCUT2D eigenvalue weighted by molar-refractivity contribution is -0.126. The molecule has 1 N–H and O–H groups in total. The molecule has 0 aliphatic heterocycles. The molecule has 2 aromatic carbocycles. The molecule has 0 spiro atoms. The number of nitrogens with one attached hydrogen (secondary N) is 1. The van der Waals surface area contributed by atoms with Crippen LogP contribution in [-0.2, 0) is 11.3 Å². The molecule has 1 atom stereocenters. The first kappa shape index (κ1) is 26.7. The minimum Gasteiger partial charge on any atom is -0.497 e. The minimum atomic E-state index is -0.909. The fourth-order valence-electron chi connectivity index (χ4n) is 3.83. The predicted octanol–water partition coefficient (Wildman–Crippen LogP) is 4.85. The number of amides is 2. The number of rotatable bonds is 12. The summed E-state index contributed by atoms with van der Waals surface area (Å²) in [6.45, 7) is 4.78. The Kier molecular flexibility index (Phi) is 9.39. The molecule has 0 fully saturated rings. The van der Waals surface area contributed by atoms with E-state index in [0.29, 0.717) is 46.6 Å². The summed E-state index contributed by atoms with van der Waals surface area (Å²) < 4.78 is 21.6. The van der Waals surface area contributed by atoms with E-state index < -0.39 is 6.04 Å². The lowest BCUT2D eigenvalue weighted by atomic mass is 10.0. The van der Waals surface area contributed by atoms with Gasteiger partial charge in [0, 0.05) is 12.1 Å². The molecule has 0 bridgehead atoms. The molecule has 0 aliphatic rings. The number of nitrogens with zero attached hydrogens (tertiary/aromatic N) is 1. The van der Waals surface area contributed by atoms with E-state index in [1.807, 2.05) is 0 Å². The molecule has 1 heterocycles. The van der Waals surface area contributed by atoms with Gasteiger partial charge in [-0.1, -0.05) is 26.0 Å². The third-order valence-electron chi connectivity index (χ3n) is 5.81. The number of furan rings is 1. The van der Waals surface area contributed by atoms with Crippen LogP contribution in [0.4, 0.5) is 0 Å². The highest BCUT2D eigenvalue weighted by atomic mass is 16.5. The van der Waals surface area contributed by atoms with E-state index in [2.05, 4.69) is 19.2 Å². The van der Waals surface area contributed by atoms with Crippen LogP contribution in [0.5, 0.6) is 17.2 Å². The summed E-state index contributed by atoms with van der Waals surface area (Å²) in [6, 6.07) is 14.7. The van der Waals surface area contributed by atoms with Crippen molar-refractivity contribution in [3.05, 3.63) is 77.7 Å². The second-order valence-electron chi connectivity index (χ2n) is 8.73. The van der Waals surface area contributed by atoms with E-state index in [-0.39, 0.29) is 18.4 Å². The van der Waals surface area contributed by atoms with E-state index in [9.17, 15) is 9.59 Å². The summed E-state index contributed by atoms with van der Waals surface area (Å²) in [5, 5.41) is 3.01. The fraction of sp³-hybridized carbons (Fsp3) is 0.357. The van der Waals surface area contributed by atoms with E-state index in [4.69, 9.17) is 18.6 Å². The number of carbonyl (C=O) groups excluding carboxylic acids is 2. The molecule has 0 radical (unpaired) electrons. The molecule has 3 rings (SSSR count). The van der Waals surface area contributed by atoms with Crippen molar-refractivity contribution in [2.24, 2.45) is 5.92 Å². The first-order valence-corrected chi connectivity index (χ1v) is 11.8. The van der Waals surface area contributed by atoms with Crippen LogP contribution in [0.15, 0.2) is 65.3 Å². The van der Waals surface area contributed by atoms with Crippen LogP contribution in [0.3, 0.4) is 0 Å². The summed E-state index contributed by atoms with van der Waals surface area (Å²) >= 11 is 0. The molecule has 0 aliphatic carbocycles. The molecule has 1 aromatic heterocycles. The van der Waals surface area contributed by atoms with Crippen LogP contribution >= 0.6 is 0 Å². The van der Waals surface area contributed by atoms with Gasteiger partial charge < -0.3 is 28.8 Å². The third kappa shape index (κ3) is 6.59. The van der Waals surface area contributed by atoms with Crippen molar-refractivity contribution < 1.29 is 28.2 Å². The number of carbonyl (C=O) groups is 2. The van der Waals surface area contributed by atoms with Crippen LogP contribution in [0, 0.1) is 5.92 Å². The van der Waals surface area contributed by atoms with Crippen LogP contribution in [0.25, 0.3) is 0 Å². The zero-order valence-electron chi connectivity index (χ0n) is 21.4. The van der Waals surface area contributed by atoms with Crippen molar-refractivity contribution in [1.29, 1.82) is 0 Å². The number of methoxy groups -OCH3 is 3. The highest BCUT2D eigenvalue weighted by Crippen LogP contribution is 2.31. The van der Waals surface area contributed by atoms with Gasteiger partial charge in [-0.2, -0.15) is 0 Å². The quantitative estimate of drug-likeness (QED) is 0.387. The van der Waals surface area contributed by atoms with Crippen molar-refractivity contribution in [3.8, 4) is 17.2 Å². The van der Waals surface area contributed by atoms with Crippen molar-refractivity contribution in [1.82, 2.24) is 10.2 Å². The average Bonchev–Trinajstić information content (AvgIpc) is 3.41. The van der Waals surface area contributed by atoms with E-state index in [1.54, 1.807) is 68.0 Å². The molecule has 8 heteroatoms. The Labute approximate surface area is 212 Å². The summed E-state index contributed by atoms with van der Waals surface area (Å²) in [6.07, 6.45) is 2.36. The Bertz CT molecular complexity index is 1130. The molecule has 192 valence electrons. The summed E-state index contributed by atoms with van der Waals surface area (Å²) in [5.74, 6) is 1.93. The Hall–Kier alpha value is -3.94. The zero-order valence-corrected chi connectivity index (χ0v) is 21.4. The smallest absolute Gasteiger partial charge is 0.255 e. The monoisotopic (exact) mass is 494 g/mol. The van der Waals surface area contributed by atoms with Crippen LogP contribution < -0.4 is 19.5 Å². The highest BCUT2D eigenvalue weighted by molar-refractivity contribution is 5.98. The maximum atomic E-state index is 13.9. The molecule has 0 unspecified atom stereocenters. The first-order chi connectivity index (χ1) is 17.4. The largest absolute Gasteiger partial charge is 0.497 e. The van der Waals surface area contributed by atoms with Crippen molar-refractivity contribution in [2.75, 3.05) is 27.9 Å². The lowest BCUT2D eigenvalue weighted by Gasteiger charge is -2.31. The van der Waals surface area contributed by atoms with Gasteiger partial charge in [0.05, 0.1) is 34.1 Å². The standard InChI is InChI=1S/C28H34N2O6/c1-19(2)14-15-29-27(31)26(20-8-11-22(33-3)12-9-20)30(18-23-7-6-16-36-23)28(32)21-10-13-24(34-4)25(17-21)35-5/h6-13,16-17,19,26H,14-15,18H2,1-5H3,(H,29,31)/t26-/m1/s1. The lowest BCUT2D eigenvalue weighted by Crippen LogP contribution is -2.43. The van der Waals surface area contributed by atoms with E-state index >= 15 is 0 Å². The van der Waals surface area contributed by atoms with Gasteiger partial charge in [-0.05, 0) is 60.4 Å². The average molecular weight is 495 g/mol. The summed E-state index contributed by atoms with van der Waals surface area (Å²) in [4.78, 5) is 29.1. The fourth-order valence-corrected chi connectivity index (χ4v) is 3.83. The third-order valence-corrected chi connectivity index (χ3v) is 5.81. The Morgan fingerprint density at radius 1 is 0.944 bits per heavy atom. The van der Waals surface area contributed by atoms with Crippen LogP contribution in [0.2, 0.25) is 0 Å². The van der Waals surface area contributed by atoms with Crippen molar-refractivity contribution in [2.45, 2.75) is 32.9 Å². The van der Waals surface area contributed by atoms with Gasteiger partial charge in [-0.15, -0.1) is 0 Å². The molecule has 2 amide bonds. The minimum absolute atomic E-state index is 0.0917. The van der Waals surface area contributed by atoms with Gasteiger partial charge in [0.15, 0.2) is 11.5 Å². The van der Waals surface area contributed by atoms with Gasteiger partial charge in [0.1, 0.15) is 17.6 Å². The molecule has 36 heavy (non-hydrogen) atoms.